The normalized spacial score (nSPS) is 16.2. The van der Waals surface area contributed by atoms with Crippen molar-refractivity contribution in [2.75, 3.05) is 19.0 Å². The number of anilines is 1. The molecule has 1 aliphatic carbocycles. The van der Waals surface area contributed by atoms with Gasteiger partial charge in [-0.25, -0.2) is 13.9 Å². The Morgan fingerprint density at radius 1 is 1.08 bits per heavy atom. The Labute approximate surface area is 213 Å². The summed E-state index contributed by atoms with van der Waals surface area (Å²) in [6.45, 7) is 2.17. The van der Waals surface area contributed by atoms with Gasteiger partial charge in [-0.3, -0.25) is 4.79 Å². The predicted molar refractivity (Wildman–Crippen MR) is 137 cm³/mol. The number of nitrogens with zero attached hydrogens (tertiary/aromatic N) is 2. The number of benzene rings is 3. The molecule has 1 fully saturated rings. The van der Waals surface area contributed by atoms with Crippen molar-refractivity contribution in [1.29, 1.82) is 0 Å². The fourth-order valence-corrected chi connectivity index (χ4v) is 4.39. The molecule has 1 N–H and O–H groups in total. The molecule has 2 unspecified atom stereocenters. The fraction of sp³-hybridized carbons (Fsp3) is 0.207. The number of methoxy groups -OCH3 is 1. The maximum absolute atomic E-state index is 14.7. The molecule has 1 aliphatic rings. The van der Waals surface area contributed by atoms with Crippen molar-refractivity contribution in [3.05, 3.63) is 95.9 Å². The van der Waals surface area contributed by atoms with Gasteiger partial charge in [0.25, 0.3) is 0 Å². The number of carbonyl (C=O) groups excluding carboxylic acids is 2. The molecule has 1 saturated carbocycles. The first kappa shape index (κ1) is 24.2. The molecule has 0 aliphatic heterocycles. The standard InChI is InChI=1S/C29H26FN3O4/c1-3-37-26-14-11-19(15-25(26)30)27-24(17-33(32-27)21-7-5-4-6-8-21)22-16-23(22)28(34)31-20-12-9-18(10-13-20)29(35)36-2/h4-15,17,22-23H,3,16H2,1-2H3,(H,31,34). The molecule has 4 aromatic rings. The average Bonchev–Trinajstić information content (AvgIpc) is 3.61. The van der Waals surface area contributed by atoms with Crippen LogP contribution in [0.2, 0.25) is 0 Å². The Balaban J connectivity index is 1.40. The van der Waals surface area contributed by atoms with Gasteiger partial charge in [0.05, 0.1) is 30.7 Å². The highest BCUT2D eigenvalue weighted by Gasteiger charge is 2.46. The Morgan fingerprint density at radius 2 is 1.84 bits per heavy atom. The second kappa shape index (κ2) is 10.3. The molecule has 1 heterocycles. The highest BCUT2D eigenvalue weighted by molar-refractivity contribution is 5.96. The lowest BCUT2D eigenvalue weighted by atomic mass is 10.0. The van der Waals surface area contributed by atoms with Crippen LogP contribution in [-0.2, 0) is 9.53 Å². The lowest BCUT2D eigenvalue weighted by Crippen LogP contribution is -2.14. The van der Waals surface area contributed by atoms with Crippen LogP contribution in [0, 0.1) is 11.7 Å². The van der Waals surface area contributed by atoms with Gasteiger partial charge in [0.15, 0.2) is 11.6 Å². The number of carbonyl (C=O) groups is 2. The van der Waals surface area contributed by atoms with E-state index in [4.69, 9.17) is 14.6 Å². The van der Waals surface area contributed by atoms with Gasteiger partial charge in [-0.1, -0.05) is 18.2 Å². The highest BCUT2D eigenvalue weighted by atomic mass is 19.1. The van der Waals surface area contributed by atoms with Crippen LogP contribution in [0.1, 0.15) is 35.2 Å². The third-order valence-electron chi connectivity index (χ3n) is 6.37. The molecule has 1 amide bonds. The van der Waals surface area contributed by atoms with E-state index < -0.39 is 11.8 Å². The molecular weight excluding hydrogens is 473 g/mol. The Morgan fingerprint density at radius 3 is 2.51 bits per heavy atom. The molecule has 3 aromatic carbocycles. The predicted octanol–water partition coefficient (Wildman–Crippen LogP) is 5.61. The maximum atomic E-state index is 14.7. The van der Waals surface area contributed by atoms with Gasteiger partial charge in [0, 0.05) is 34.8 Å². The van der Waals surface area contributed by atoms with Crippen LogP contribution in [-0.4, -0.2) is 35.4 Å². The van der Waals surface area contributed by atoms with E-state index in [0.717, 1.165) is 11.3 Å². The fourth-order valence-electron chi connectivity index (χ4n) is 4.39. The van der Waals surface area contributed by atoms with Crippen LogP contribution in [0.15, 0.2) is 79.0 Å². The molecule has 1 aromatic heterocycles. The van der Waals surface area contributed by atoms with Crippen molar-refractivity contribution < 1.29 is 23.5 Å². The minimum absolute atomic E-state index is 0.0589. The first-order valence-corrected chi connectivity index (χ1v) is 12.1. The van der Waals surface area contributed by atoms with E-state index in [1.54, 1.807) is 48.0 Å². The zero-order valence-corrected chi connectivity index (χ0v) is 20.5. The smallest absolute Gasteiger partial charge is 0.337 e. The van der Waals surface area contributed by atoms with Gasteiger partial charge in [0.1, 0.15) is 0 Å². The quantitative estimate of drug-likeness (QED) is 0.319. The minimum Gasteiger partial charge on any atom is -0.491 e. The van der Waals surface area contributed by atoms with E-state index in [1.807, 2.05) is 36.5 Å². The number of halogens is 1. The van der Waals surface area contributed by atoms with Crippen LogP contribution < -0.4 is 10.1 Å². The van der Waals surface area contributed by atoms with Crippen molar-refractivity contribution in [3.63, 3.8) is 0 Å². The molecule has 0 spiro atoms. The molecule has 0 bridgehead atoms. The Kier molecular flexibility index (Phi) is 6.72. The number of para-hydroxylation sites is 1. The molecular formula is C29H26FN3O4. The van der Waals surface area contributed by atoms with E-state index in [0.29, 0.717) is 35.5 Å². The number of hydrogen-bond acceptors (Lipinski definition) is 5. The summed E-state index contributed by atoms with van der Waals surface area (Å²) in [5.74, 6) is -1.13. The molecule has 2 atom stereocenters. The summed E-state index contributed by atoms with van der Waals surface area (Å²) in [7, 11) is 1.32. The molecule has 188 valence electrons. The third-order valence-corrected chi connectivity index (χ3v) is 6.37. The maximum Gasteiger partial charge on any atom is 0.337 e. The molecule has 37 heavy (non-hydrogen) atoms. The average molecular weight is 500 g/mol. The number of nitrogens with one attached hydrogen (secondary N) is 1. The molecule has 8 heteroatoms. The molecule has 5 rings (SSSR count). The van der Waals surface area contributed by atoms with E-state index in [9.17, 15) is 14.0 Å². The van der Waals surface area contributed by atoms with E-state index >= 15 is 0 Å². The van der Waals surface area contributed by atoms with Crippen LogP contribution in [0.5, 0.6) is 5.75 Å². The monoisotopic (exact) mass is 499 g/mol. The highest BCUT2D eigenvalue weighted by Crippen LogP contribution is 2.51. The van der Waals surface area contributed by atoms with Crippen molar-refractivity contribution in [2.24, 2.45) is 5.92 Å². The van der Waals surface area contributed by atoms with Crippen LogP contribution in [0.4, 0.5) is 10.1 Å². The summed E-state index contributed by atoms with van der Waals surface area (Å²) in [4.78, 5) is 24.7. The molecule has 0 radical (unpaired) electrons. The first-order chi connectivity index (χ1) is 18.0. The summed E-state index contributed by atoms with van der Waals surface area (Å²) in [5, 5.41) is 7.70. The second-order valence-electron chi connectivity index (χ2n) is 8.80. The van der Waals surface area contributed by atoms with Crippen molar-refractivity contribution in [1.82, 2.24) is 9.78 Å². The number of rotatable bonds is 8. The second-order valence-corrected chi connectivity index (χ2v) is 8.80. The van der Waals surface area contributed by atoms with Crippen LogP contribution in [0.3, 0.4) is 0 Å². The summed E-state index contributed by atoms with van der Waals surface area (Å²) < 4.78 is 26.5. The Bertz CT molecular complexity index is 1430. The third kappa shape index (κ3) is 5.09. The van der Waals surface area contributed by atoms with Gasteiger partial charge in [-0.15, -0.1) is 0 Å². The lowest BCUT2D eigenvalue weighted by molar-refractivity contribution is -0.117. The number of hydrogen-bond donors (Lipinski definition) is 1. The van der Waals surface area contributed by atoms with Gasteiger partial charge in [0.2, 0.25) is 5.91 Å². The van der Waals surface area contributed by atoms with Gasteiger partial charge < -0.3 is 14.8 Å². The summed E-state index contributed by atoms with van der Waals surface area (Å²) in [6, 6.07) is 21.0. The number of amides is 1. The number of aromatic nitrogens is 2. The summed E-state index contributed by atoms with van der Waals surface area (Å²) in [5.41, 5.74) is 4.01. The van der Waals surface area contributed by atoms with E-state index in [1.165, 1.54) is 13.2 Å². The molecule has 7 nitrogen and oxygen atoms in total. The minimum atomic E-state index is -0.458. The van der Waals surface area contributed by atoms with Crippen molar-refractivity contribution >= 4 is 17.6 Å². The zero-order valence-electron chi connectivity index (χ0n) is 20.5. The SMILES string of the molecule is CCOc1ccc(-c2nn(-c3ccccc3)cc2C2CC2C(=O)Nc2ccc(C(=O)OC)cc2)cc1F. The van der Waals surface area contributed by atoms with E-state index in [2.05, 4.69) is 5.32 Å². The van der Waals surface area contributed by atoms with Crippen molar-refractivity contribution in [3.8, 4) is 22.7 Å². The summed E-state index contributed by atoms with van der Waals surface area (Å²) >= 11 is 0. The van der Waals surface area contributed by atoms with E-state index in [-0.39, 0.29) is 23.5 Å². The Hall–Kier alpha value is -4.46. The topological polar surface area (TPSA) is 82.5 Å². The number of esters is 1. The first-order valence-electron chi connectivity index (χ1n) is 12.1. The number of ether oxygens (including phenoxy) is 2. The van der Waals surface area contributed by atoms with Gasteiger partial charge in [-0.05, 0) is 67.9 Å². The van der Waals surface area contributed by atoms with Crippen molar-refractivity contribution in [2.45, 2.75) is 19.3 Å². The van der Waals surface area contributed by atoms with Crippen LogP contribution in [0.25, 0.3) is 16.9 Å². The molecule has 0 saturated heterocycles. The zero-order chi connectivity index (χ0) is 25.9. The lowest BCUT2D eigenvalue weighted by Gasteiger charge is -2.08. The van der Waals surface area contributed by atoms with Crippen LogP contribution >= 0.6 is 0 Å². The summed E-state index contributed by atoms with van der Waals surface area (Å²) in [6.07, 6.45) is 2.57. The van der Waals surface area contributed by atoms with Gasteiger partial charge in [-0.2, -0.15) is 5.10 Å². The van der Waals surface area contributed by atoms with Gasteiger partial charge >= 0.3 is 5.97 Å². The largest absolute Gasteiger partial charge is 0.491 e.